The Labute approximate surface area is 58.0 Å². The monoisotopic (exact) mass is 141 g/mol. The smallest absolute Gasteiger partial charge is 0.335 e. The summed E-state index contributed by atoms with van der Waals surface area (Å²) in [6.45, 7) is 3.13. The number of nitrogens with two attached hydrogens (primary N) is 1. The second kappa shape index (κ2) is 4.31. The fourth-order valence-corrected chi connectivity index (χ4v) is 0.272. The Bertz CT molecular complexity index is 183. The molecule has 0 aliphatic heterocycles. The number of hydrogen-bond donors (Lipinski definition) is 1. The largest absolute Gasteiger partial charge is 0.432 e. The molecule has 0 aromatic carbocycles. The van der Waals surface area contributed by atoms with E-state index in [2.05, 4.69) is 17.0 Å². The van der Waals surface area contributed by atoms with Gasteiger partial charge in [0.15, 0.2) is 0 Å². The number of carbonyl (C=O) groups excluding carboxylic acids is 2. The van der Waals surface area contributed by atoms with E-state index in [9.17, 15) is 9.59 Å². The Balaban J connectivity index is 3.77. The van der Waals surface area contributed by atoms with Crippen LogP contribution in [0, 0.1) is 0 Å². The minimum absolute atomic E-state index is 0.672. The van der Waals surface area contributed by atoms with Crippen molar-refractivity contribution in [3.05, 3.63) is 25.0 Å². The van der Waals surface area contributed by atoms with E-state index in [0.29, 0.717) is 0 Å². The van der Waals surface area contributed by atoms with Gasteiger partial charge in [-0.15, -0.1) is 0 Å². The third-order valence-corrected chi connectivity index (χ3v) is 0.583. The fourth-order valence-electron chi connectivity index (χ4n) is 0.272. The second-order valence-electron chi connectivity index (χ2n) is 1.34. The van der Waals surface area contributed by atoms with Crippen molar-refractivity contribution in [2.45, 2.75) is 0 Å². The van der Waals surface area contributed by atoms with Gasteiger partial charge < -0.3 is 10.5 Å². The first kappa shape index (κ1) is 8.42. The lowest BCUT2D eigenvalue weighted by Crippen LogP contribution is -2.07. The summed E-state index contributed by atoms with van der Waals surface area (Å²) in [5, 5.41) is 0. The predicted octanol–water partition coefficient (Wildman–Crippen LogP) is -0.285. The standard InChI is InChI=1S/C6H7NO3/c1-2-10-6(9)4-3-5(7)8/h2-4H,1H2,(H2,7,8)/b4-3-. The highest BCUT2D eigenvalue weighted by Gasteiger charge is 1.91. The molecule has 0 aromatic heterocycles. The van der Waals surface area contributed by atoms with Crippen molar-refractivity contribution in [1.29, 1.82) is 0 Å². The summed E-state index contributed by atoms with van der Waals surface area (Å²) in [7, 11) is 0. The highest BCUT2D eigenvalue weighted by atomic mass is 16.5. The summed E-state index contributed by atoms with van der Waals surface area (Å²) in [5.41, 5.74) is 4.68. The number of amides is 1. The maximum Gasteiger partial charge on any atom is 0.335 e. The van der Waals surface area contributed by atoms with Crippen molar-refractivity contribution in [2.75, 3.05) is 0 Å². The fraction of sp³-hybridized carbons (Fsp3) is 0. The van der Waals surface area contributed by atoms with Crippen LogP contribution in [0.1, 0.15) is 0 Å². The van der Waals surface area contributed by atoms with E-state index in [4.69, 9.17) is 0 Å². The number of ether oxygens (including phenoxy) is 1. The third-order valence-electron chi connectivity index (χ3n) is 0.583. The van der Waals surface area contributed by atoms with E-state index in [1.807, 2.05) is 0 Å². The number of rotatable bonds is 3. The third kappa shape index (κ3) is 4.58. The minimum Gasteiger partial charge on any atom is -0.432 e. The summed E-state index contributed by atoms with van der Waals surface area (Å²) in [4.78, 5) is 20.4. The van der Waals surface area contributed by atoms with Gasteiger partial charge in [-0.2, -0.15) is 0 Å². The van der Waals surface area contributed by atoms with Gasteiger partial charge in [0, 0.05) is 12.2 Å². The van der Waals surface area contributed by atoms with E-state index >= 15 is 0 Å². The molecule has 1 amide bonds. The molecule has 0 spiro atoms. The minimum atomic E-state index is -0.694. The van der Waals surface area contributed by atoms with E-state index in [-0.39, 0.29) is 0 Å². The van der Waals surface area contributed by atoms with Crippen LogP contribution in [0.15, 0.2) is 25.0 Å². The van der Waals surface area contributed by atoms with Crippen LogP contribution in [-0.4, -0.2) is 11.9 Å². The molecule has 0 saturated heterocycles. The van der Waals surface area contributed by atoms with Crippen LogP contribution in [0.4, 0.5) is 0 Å². The van der Waals surface area contributed by atoms with Crippen LogP contribution in [0.5, 0.6) is 0 Å². The summed E-state index contributed by atoms with van der Waals surface area (Å²) >= 11 is 0. The van der Waals surface area contributed by atoms with Crippen LogP contribution in [0.3, 0.4) is 0 Å². The lowest BCUT2D eigenvalue weighted by Gasteiger charge is -1.87. The van der Waals surface area contributed by atoms with E-state index in [1.165, 1.54) is 0 Å². The molecule has 0 aliphatic carbocycles. The Kier molecular flexibility index (Phi) is 3.63. The molecule has 54 valence electrons. The highest BCUT2D eigenvalue weighted by Crippen LogP contribution is 1.79. The number of primary amides is 1. The molecule has 0 rings (SSSR count). The molecule has 0 saturated carbocycles. The van der Waals surface area contributed by atoms with Gasteiger partial charge in [-0.3, -0.25) is 4.79 Å². The van der Waals surface area contributed by atoms with Crippen LogP contribution in [0.2, 0.25) is 0 Å². The molecular formula is C6H7NO3. The maximum atomic E-state index is 10.4. The van der Waals surface area contributed by atoms with Crippen LogP contribution >= 0.6 is 0 Å². The van der Waals surface area contributed by atoms with E-state index < -0.39 is 11.9 Å². The number of esters is 1. The van der Waals surface area contributed by atoms with Crippen molar-refractivity contribution in [2.24, 2.45) is 5.73 Å². The molecular weight excluding hydrogens is 134 g/mol. The average molecular weight is 141 g/mol. The van der Waals surface area contributed by atoms with Gasteiger partial charge in [0.2, 0.25) is 5.91 Å². The molecule has 4 nitrogen and oxygen atoms in total. The Morgan fingerprint density at radius 1 is 1.40 bits per heavy atom. The van der Waals surface area contributed by atoms with Crippen LogP contribution in [0.25, 0.3) is 0 Å². The van der Waals surface area contributed by atoms with E-state index in [1.54, 1.807) is 0 Å². The van der Waals surface area contributed by atoms with Crippen molar-refractivity contribution < 1.29 is 14.3 Å². The van der Waals surface area contributed by atoms with Crippen molar-refractivity contribution in [3.8, 4) is 0 Å². The predicted molar refractivity (Wildman–Crippen MR) is 34.6 cm³/mol. The maximum absolute atomic E-state index is 10.4. The quantitative estimate of drug-likeness (QED) is 0.333. The Hall–Kier alpha value is -1.58. The van der Waals surface area contributed by atoms with Gasteiger partial charge in [-0.1, -0.05) is 6.58 Å². The zero-order valence-electron chi connectivity index (χ0n) is 5.24. The van der Waals surface area contributed by atoms with Crippen molar-refractivity contribution in [3.63, 3.8) is 0 Å². The summed E-state index contributed by atoms with van der Waals surface area (Å²) in [6.07, 6.45) is 2.80. The Morgan fingerprint density at radius 2 is 2.00 bits per heavy atom. The molecule has 0 atom stereocenters. The summed E-state index contributed by atoms with van der Waals surface area (Å²) in [6, 6.07) is 0. The van der Waals surface area contributed by atoms with Gasteiger partial charge in [0.25, 0.3) is 0 Å². The van der Waals surface area contributed by atoms with E-state index in [0.717, 1.165) is 18.4 Å². The average Bonchev–Trinajstić information content (AvgIpc) is 1.85. The highest BCUT2D eigenvalue weighted by molar-refractivity contribution is 5.93. The summed E-state index contributed by atoms with van der Waals surface area (Å²) in [5.74, 6) is -1.37. The van der Waals surface area contributed by atoms with Crippen LogP contribution in [-0.2, 0) is 14.3 Å². The zero-order chi connectivity index (χ0) is 7.98. The first-order valence-corrected chi connectivity index (χ1v) is 2.46. The lowest BCUT2D eigenvalue weighted by atomic mass is 10.5. The molecule has 0 aliphatic rings. The number of carbonyl (C=O) groups is 2. The first-order valence-electron chi connectivity index (χ1n) is 2.46. The van der Waals surface area contributed by atoms with Crippen LogP contribution < -0.4 is 5.73 Å². The molecule has 4 heteroatoms. The molecule has 0 aromatic rings. The molecule has 2 N–H and O–H groups in total. The molecule has 0 unspecified atom stereocenters. The summed E-state index contributed by atoms with van der Waals surface area (Å²) < 4.78 is 4.22. The normalized spacial score (nSPS) is 9.20. The van der Waals surface area contributed by atoms with Gasteiger partial charge in [0.05, 0.1) is 6.26 Å². The molecule has 0 fully saturated rings. The van der Waals surface area contributed by atoms with Gasteiger partial charge in [0.1, 0.15) is 0 Å². The Morgan fingerprint density at radius 3 is 2.40 bits per heavy atom. The topological polar surface area (TPSA) is 69.4 Å². The van der Waals surface area contributed by atoms with Gasteiger partial charge >= 0.3 is 5.97 Å². The molecule has 10 heavy (non-hydrogen) atoms. The van der Waals surface area contributed by atoms with Crippen molar-refractivity contribution in [1.82, 2.24) is 0 Å². The first-order chi connectivity index (χ1) is 4.66. The van der Waals surface area contributed by atoms with Gasteiger partial charge in [-0.05, 0) is 0 Å². The second-order valence-corrected chi connectivity index (χ2v) is 1.34. The number of hydrogen-bond acceptors (Lipinski definition) is 3. The SMILES string of the molecule is C=COC(=O)/C=C\C(N)=O. The molecule has 0 bridgehead atoms. The van der Waals surface area contributed by atoms with Crippen molar-refractivity contribution >= 4 is 11.9 Å². The lowest BCUT2D eigenvalue weighted by molar-refractivity contribution is -0.132. The molecule has 0 heterocycles. The molecule has 0 radical (unpaired) electrons. The zero-order valence-corrected chi connectivity index (χ0v) is 5.24. The van der Waals surface area contributed by atoms with Gasteiger partial charge in [-0.25, -0.2) is 4.79 Å².